The summed E-state index contributed by atoms with van der Waals surface area (Å²) in [6.45, 7) is 7.62. The van der Waals surface area contributed by atoms with Crippen LogP contribution in [0.2, 0.25) is 0 Å². The summed E-state index contributed by atoms with van der Waals surface area (Å²) >= 11 is 0. The average Bonchev–Trinajstić information content (AvgIpc) is 2.43. The maximum Gasteiger partial charge on any atom is 0.251 e. The van der Waals surface area contributed by atoms with Gasteiger partial charge in [-0.05, 0) is 39.1 Å². The highest BCUT2D eigenvalue weighted by atomic mass is 16.1. The molecule has 1 fully saturated rings. The van der Waals surface area contributed by atoms with Crippen LogP contribution in [0, 0.1) is 0 Å². The lowest BCUT2D eigenvalue weighted by Gasteiger charge is -2.39. The van der Waals surface area contributed by atoms with E-state index in [-0.39, 0.29) is 5.91 Å². The standard InChI is InChI=1S/C15H24N4O/c1-4-17-15(20)12-5-6-13(16)14(9-12)19-8-7-18(3)11(2)10-19/h5-6,9,11H,4,7-8,10,16H2,1-3H3,(H,17,20). The molecule has 1 unspecified atom stereocenters. The van der Waals surface area contributed by atoms with Crippen molar-refractivity contribution in [3.8, 4) is 0 Å². The van der Waals surface area contributed by atoms with Crippen molar-refractivity contribution in [3.63, 3.8) is 0 Å². The van der Waals surface area contributed by atoms with E-state index < -0.39 is 0 Å². The highest BCUT2D eigenvalue weighted by Gasteiger charge is 2.22. The number of nitrogen functional groups attached to an aromatic ring is 1. The van der Waals surface area contributed by atoms with Gasteiger partial charge in [-0.15, -0.1) is 0 Å². The highest BCUT2D eigenvalue weighted by molar-refractivity contribution is 5.96. The van der Waals surface area contributed by atoms with Gasteiger partial charge < -0.3 is 20.9 Å². The maximum absolute atomic E-state index is 11.9. The third kappa shape index (κ3) is 3.04. The van der Waals surface area contributed by atoms with Crippen LogP contribution in [0.4, 0.5) is 11.4 Å². The second kappa shape index (κ2) is 6.13. The van der Waals surface area contributed by atoms with Gasteiger partial charge in [-0.25, -0.2) is 0 Å². The van der Waals surface area contributed by atoms with E-state index in [0.29, 0.717) is 18.2 Å². The Morgan fingerprint density at radius 3 is 2.85 bits per heavy atom. The molecule has 2 rings (SSSR count). The number of nitrogens with two attached hydrogens (primary N) is 1. The highest BCUT2D eigenvalue weighted by Crippen LogP contribution is 2.26. The zero-order valence-corrected chi connectivity index (χ0v) is 12.5. The second-order valence-corrected chi connectivity index (χ2v) is 5.41. The molecule has 3 N–H and O–H groups in total. The van der Waals surface area contributed by atoms with Crippen LogP contribution in [-0.2, 0) is 0 Å². The van der Waals surface area contributed by atoms with Crippen LogP contribution < -0.4 is 16.0 Å². The van der Waals surface area contributed by atoms with Crippen LogP contribution in [0.1, 0.15) is 24.2 Å². The van der Waals surface area contributed by atoms with Gasteiger partial charge in [0.15, 0.2) is 0 Å². The molecule has 0 aliphatic carbocycles. The molecular weight excluding hydrogens is 252 g/mol. The number of piperazine rings is 1. The fourth-order valence-corrected chi connectivity index (χ4v) is 2.49. The average molecular weight is 276 g/mol. The largest absolute Gasteiger partial charge is 0.397 e. The minimum absolute atomic E-state index is 0.0454. The molecule has 0 saturated carbocycles. The molecule has 5 heteroatoms. The Hall–Kier alpha value is -1.75. The van der Waals surface area contributed by atoms with Crippen molar-refractivity contribution in [2.75, 3.05) is 43.9 Å². The minimum atomic E-state index is -0.0454. The molecule has 1 saturated heterocycles. The van der Waals surface area contributed by atoms with Crippen LogP contribution >= 0.6 is 0 Å². The molecule has 110 valence electrons. The first-order chi connectivity index (χ1) is 9.52. The molecule has 0 radical (unpaired) electrons. The smallest absolute Gasteiger partial charge is 0.251 e. The van der Waals surface area contributed by atoms with Crippen molar-refractivity contribution >= 4 is 17.3 Å². The quantitative estimate of drug-likeness (QED) is 0.813. The van der Waals surface area contributed by atoms with E-state index in [1.807, 2.05) is 19.1 Å². The van der Waals surface area contributed by atoms with E-state index in [0.717, 1.165) is 31.0 Å². The monoisotopic (exact) mass is 276 g/mol. The van der Waals surface area contributed by atoms with E-state index in [4.69, 9.17) is 5.73 Å². The molecule has 1 aromatic rings. The molecule has 1 atom stereocenters. The van der Waals surface area contributed by atoms with Crippen molar-refractivity contribution in [1.82, 2.24) is 10.2 Å². The molecule has 0 bridgehead atoms. The summed E-state index contributed by atoms with van der Waals surface area (Å²) in [7, 11) is 2.14. The summed E-state index contributed by atoms with van der Waals surface area (Å²) < 4.78 is 0. The number of hydrogen-bond acceptors (Lipinski definition) is 4. The third-order valence-electron chi connectivity index (χ3n) is 3.93. The molecule has 1 heterocycles. The van der Waals surface area contributed by atoms with Gasteiger partial charge in [0, 0.05) is 37.8 Å². The number of likely N-dealkylation sites (N-methyl/N-ethyl adjacent to an activating group) is 1. The summed E-state index contributed by atoms with van der Waals surface area (Å²) in [5, 5.41) is 2.82. The van der Waals surface area contributed by atoms with Crippen LogP contribution in [0.25, 0.3) is 0 Å². The third-order valence-corrected chi connectivity index (χ3v) is 3.93. The molecule has 5 nitrogen and oxygen atoms in total. The van der Waals surface area contributed by atoms with Crippen LogP contribution in [0.5, 0.6) is 0 Å². The Balaban J connectivity index is 2.22. The first-order valence-electron chi connectivity index (χ1n) is 7.15. The van der Waals surface area contributed by atoms with E-state index in [9.17, 15) is 4.79 Å². The number of benzene rings is 1. The lowest BCUT2D eigenvalue weighted by molar-refractivity contribution is 0.0956. The Labute approximate surface area is 120 Å². The number of amides is 1. The predicted octanol–water partition coefficient (Wildman–Crippen LogP) is 1.16. The molecule has 1 aliphatic heterocycles. The summed E-state index contributed by atoms with van der Waals surface area (Å²) in [6.07, 6.45) is 0. The van der Waals surface area contributed by atoms with E-state index >= 15 is 0 Å². The lowest BCUT2D eigenvalue weighted by atomic mass is 10.1. The number of hydrogen-bond donors (Lipinski definition) is 2. The Morgan fingerprint density at radius 1 is 1.45 bits per heavy atom. The van der Waals surface area contributed by atoms with Gasteiger partial charge in [-0.3, -0.25) is 4.79 Å². The SMILES string of the molecule is CCNC(=O)c1ccc(N)c(N2CCN(C)C(C)C2)c1. The first-order valence-corrected chi connectivity index (χ1v) is 7.15. The van der Waals surface area contributed by atoms with Crippen molar-refractivity contribution in [1.29, 1.82) is 0 Å². The van der Waals surface area contributed by atoms with Gasteiger partial charge in [0.1, 0.15) is 0 Å². The predicted molar refractivity (Wildman–Crippen MR) is 83.2 cm³/mol. The van der Waals surface area contributed by atoms with Gasteiger partial charge in [0.2, 0.25) is 0 Å². The van der Waals surface area contributed by atoms with Crippen molar-refractivity contribution in [3.05, 3.63) is 23.8 Å². The zero-order chi connectivity index (χ0) is 14.7. The number of carbonyl (C=O) groups is 1. The Morgan fingerprint density at radius 2 is 2.20 bits per heavy atom. The molecule has 0 spiro atoms. The van der Waals surface area contributed by atoms with Gasteiger partial charge in [0.05, 0.1) is 11.4 Å². The van der Waals surface area contributed by atoms with E-state index in [2.05, 4.69) is 29.1 Å². The maximum atomic E-state index is 11.9. The molecule has 20 heavy (non-hydrogen) atoms. The van der Waals surface area contributed by atoms with Gasteiger partial charge in [-0.2, -0.15) is 0 Å². The topological polar surface area (TPSA) is 61.6 Å². The minimum Gasteiger partial charge on any atom is -0.397 e. The van der Waals surface area contributed by atoms with E-state index in [1.165, 1.54) is 0 Å². The fraction of sp³-hybridized carbons (Fsp3) is 0.533. The second-order valence-electron chi connectivity index (χ2n) is 5.41. The number of anilines is 2. The summed E-state index contributed by atoms with van der Waals surface area (Å²) in [6, 6.07) is 5.99. The van der Waals surface area contributed by atoms with Crippen molar-refractivity contribution in [2.24, 2.45) is 0 Å². The molecule has 1 aromatic carbocycles. The Kier molecular flexibility index (Phi) is 4.49. The summed E-state index contributed by atoms with van der Waals surface area (Å²) in [5.74, 6) is -0.0454. The Bertz CT molecular complexity index is 489. The number of carbonyl (C=O) groups excluding carboxylic acids is 1. The lowest BCUT2D eigenvalue weighted by Crippen LogP contribution is -2.50. The van der Waals surface area contributed by atoms with Gasteiger partial charge in [0.25, 0.3) is 5.91 Å². The van der Waals surface area contributed by atoms with Gasteiger partial charge >= 0.3 is 0 Å². The normalized spacial score (nSPS) is 19.9. The fourth-order valence-electron chi connectivity index (χ4n) is 2.49. The molecular formula is C15H24N4O. The summed E-state index contributed by atoms with van der Waals surface area (Å²) in [5.41, 5.74) is 8.45. The number of rotatable bonds is 3. The molecule has 1 aliphatic rings. The molecule has 0 aromatic heterocycles. The number of nitrogens with zero attached hydrogens (tertiary/aromatic N) is 2. The van der Waals surface area contributed by atoms with Crippen LogP contribution in [-0.4, -0.2) is 50.1 Å². The summed E-state index contributed by atoms with van der Waals surface area (Å²) in [4.78, 5) is 16.5. The van der Waals surface area contributed by atoms with Crippen molar-refractivity contribution < 1.29 is 4.79 Å². The zero-order valence-electron chi connectivity index (χ0n) is 12.5. The number of nitrogens with one attached hydrogen (secondary N) is 1. The van der Waals surface area contributed by atoms with Crippen LogP contribution in [0.3, 0.4) is 0 Å². The first kappa shape index (κ1) is 14.7. The molecule has 1 amide bonds. The van der Waals surface area contributed by atoms with Crippen molar-refractivity contribution in [2.45, 2.75) is 19.9 Å². The van der Waals surface area contributed by atoms with E-state index in [1.54, 1.807) is 6.07 Å². The van der Waals surface area contributed by atoms with Gasteiger partial charge in [-0.1, -0.05) is 0 Å². The van der Waals surface area contributed by atoms with Crippen LogP contribution in [0.15, 0.2) is 18.2 Å².